The minimum absolute atomic E-state index is 0. The van der Waals surface area contributed by atoms with E-state index < -0.39 is 59.0 Å². The summed E-state index contributed by atoms with van der Waals surface area (Å²) in [6.07, 6.45) is 9.58. The molecule has 1 fully saturated rings. The molecule has 493 valence electrons. The summed E-state index contributed by atoms with van der Waals surface area (Å²) in [5, 5.41) is 29.9. The summed E-state index contributed by atoms with van der Waals surface area (Å²) in [6, 6.07) is 29.9. The second-order valence-corrected chi connectivity index (χ2v) is 25.4. The molecule has 96 heavy (non-hydrogen) atoms. The third-order valence-electron chi connectivity index (χ3n) is 14.0. The van der Waals surface area contributed by atoms with Crippen molar-refractivity contribution < 1.29 is 63.7 Å². The Morgan fingerprint density at radius 1 is 0.719 bits per heavy atom. The molecule has 3 radical (unpaired) electrons. The zero-order chi connectivity index (χ0) is 67.6. The number of pyridine rings is 3. The fourth-order valence-electron chi connectivity index (χ4n) is 9.50. The lowest BCUT2D eigenvalue weighted by molar-refractivity contribution is 0.0698. The van der Waals surface area contributed by atoms with Gasteiger partial charge in [-0.05, 0) is 76.5 Å². The van der Waals surface area contributed by atoms with E-state index in [4.69, 9.17) is 68.1 Å². The van der Waals surface area contributed by atoms with Crippen LogP contribution in [-0.2, 0) is 44.5 Å². The van der Waals surface area contributed by atoms with Gasteiger partial charge in [0.1, 0.15) is 61.0 Å². The number of oxazole rings is 2. The van der Waals surface area contributed by atoms with Gasteiger partial charge < -0.3 is 33.3 Å². The SMILES string of the molecule is C1CCOC1.COc1ccc(CN(c2ncns2)S(=O)(=O)c2cc3oc(=O)[nH]c3cc2F)c(OC)c1.O=C(O)c1cccc2cc(Cl)ncc12.O=c1oc2cc(S(=O)(=O)Nc3ncn[nH]3)c(F)cc2n1Cc1cccc2cc(Cl)ncc12.OCc1cccc2cc(Cl)ncc12.[B]. The Labute approximate surface area is 562 Å². The second-order valence-electron chi connectivity index (χ2n) is 20.0. The molecule has 26 nitrogen and oxygen atoms in total. The van der Waals surface area contributed by atoms with Gasteiger partial charge in [0.25, 0.3) is 20.0 Å². The first-order chi connectivity index (χ1) is 45.6. The molecule has 35 heteroatoms. The van der Waals surface area contributed by atoms with Gasteiger partial charge in [-0.1, -0.05) is 83.3 Å². The van der Waals surface area contributed by atoms with E-state index in [1.165, 1.54) is 44.2 Å². The molecule has 0 spiro atoms. The molecular weight excluding hydrogens is 1380 g/mol. The number of nitrogens with zero attached hydrogens (tertiary/aromatic N) is 9. The smallest absolute Gasteiger partial charge is 0.420 e. The number of ether oxygens (including phenoxy) is 3. The van der Waals surface area contributed by atoms with Gasteiger partial charge in [-0.25, -0.2) is 74.1 Å². The largest absolute Gasteiger partial charge is 0.497 e. The van der Waals surface area contributed by atoms with Gasteiger partial charge in [0.2, 0.25) is 11.1 Å². The van der Waals surface area contributed by atoms with E-state index in [0.717, 1.165) is 97.7 Å². The van der Waals surface area contributed by atoms with Crippen LogP contribution in [0.5, 0.6) is 11.5 Å². The highest BCUT2D eigenvalue weighted by molar-refractivity contribution is 7.93. The highest BCUT2D eigenvalue weighted by Crippen LogP contribution is 2.34. The summed E-state index contributed by atoms with van der Waals surface area (Å²) in [7, 11) is -5.90. The van der Waals surface area contributed by atoms with Gasteiger partial charge >= 0.3 is 17.5 Å². The molecule has 6 aromatic carbocycles. The highest BCUT2D eigenvalue weighted by atomic mass is 35.5. The topological polar surface area (TPSA) is 356 Å². The number of sulfonamides is 2. The van der Waals surface area contributed by atoms with Crippen LogP contribution >= 0.6 is 46.3 Å². The number of H-pyrrole nitrogens is 2. The van der Waals surface area contributed by atoms with Crippen molar-refractivity contribution in [3.63, 3.8) is 0 Å². The zero-order valence-corrected chi connectivity index (χ0v) is 54.5. The van der Waals surface area contributed by atoms with Crippen molar-refractivity contribution in [2.45, 2.75) is 42.3 Å². The number of nitrogens with one attached hydrogen (secondary N) is 3. The van der Waals surface area contributed by atoms with Crippen LogP contribution in [-0.4, -0.2) is 118 Å². The van der Waals surface area contributed by atoms with Gasteiger partial charge in [-0.3, -0.25) is 9.55 Å². The molecule has 0 atom stereocenters. The van der Waals surface area contributed by atoms with Crippen molar-refractivity contribution in [2.24, 2.45) is 0 Å². The van der Waals surface area contributed by atoms with Gasteiger partial charge in [-0.15, -0.1) is 0 Å². The fourth-order valence-corrected chi connectivity index (χ4v) is 13.2. The first-order valence-electron chi connectivity index (χ1n) is 27.7. The number of aliphatic hydroxyl groups is 1. The number of hydrogen-bond donors (Lipinski definition) is 5. The van der Waals surface area contributed by atoms with E-state index in [0.29, 0.717) is 37.9 Å². The van der Waals surface area contributed by atoms with Crippen molar-refractivity contribution in [3.8, 4) is 11.5 Å². The number of methoxy groups -OCH3 is 2. The van der Waals surface area contributed by atoms with Gasteiger partial charge in [0.05, 0.1) is 50.5 Å². The Bertz CT molecular complexity index is 5300. The van der Waals surface area contributed by atoms with Crippen LogP contribution in [0.2, 0.25) is 15.5 Å². The van der Waals surface area contributed by atoms with E-state index in [2.05, 4.69) is 49.2 Å². The fraction of sp³-hybridized carbons (Fsp3) is 0.148. The van der Waals surface area contributed by atoms with Crippen molar-refractivity contribution in [2.75, 3.05) is 36.5 Å². The van der Waals surface area contributed by atoms with E-state index in [1.807, 2.05) is 24.3 Å². The Kier molecular flexibility index (Phi) is 22.8. The summed E-state index contributed by atoms with van der Waals surface area (Å²) in [4.78, 5) is 55.2. The van der Waals surface area contributed by atoms with Crippen LogP contribution in [0.15, 0.2) is 175 Å². The average molecular weight is 1430 g/mol. The average Bonchev–Trinajstić information content (AvgIpc) is 1.47. The molecular formula is C61H49BCl3F2N12O14S3. The normalized spacial score (nSPS) is 11.9. The molecule has 0 saturated carbocycles. The van der Waals surface area contributed by atoms with Gasteiger partial charge in [0.15, 0.2) is 11.2 Å². The number of fused-ring (bicyclic) bond motifs is 5. The third-order valence-corrected chi connectivity index (χ3v) is 18.5. The Morgan fingerprint density at radius 3 is 1.92 bits per heavy atom. The maximum Gasteiger partial charge on any atom is 0.420 e. The van der Waals surface area contributed by atoms with Crippen LogP contribution in [0.4, 0.5) is 19.9 Å². The maximum atomic E-state index is 14.8. The summed E-state index contributed by atoms with van der Waals surface area (Å²) in [5.41, 5.74) is 2.29. The van der Waals surface area contributed by atoms with Crippen molar-refractivity contribution >= 4 is 146 Å². The number of rotatable bonds is 14. The molecule has 1 aliphatic heterocycles. The number of aliphatic hydroxyl groups excluding tert-OH is 1. The molecule has 5 N–H and O–H groups in total. The number of anilines is 2. The number of hydrogen-bond acceptors (Lipinski definition) is 21. The third kappa shape index (κ3) is 16.4. The summed E-state index contributed by atoms with van der Waals surface area (Å²) < 4.78 is 115. The number of benzene rings is 6. The minimum Gasteiger partial charge on any atom is -0.497 e. The molecule has 0 amide bonds. The van der Waals surface area contributed by atoms with Crippen molar-refractivity contribution in [3.05, 3.63) is 217 Å². The monoisotopic (exact) mass is 1420 g/mol. The van der Waals surface area contributed by atoms with Gasteiger partial charge in [-0.2, -0.15) is 14.5 Å². The van der Waals surface area contributed by atoms with Crippen molar-refractivity contribution in [1.82, 2.24) is 49.0 Å². The lowest BCUT2D eigenvalue weighted by Crippen LogP contribution is -2.31. The molecule has 8 heterocycles. The highest BCUT2D eigenvalue weighted by Gasteiger charge is 2.32. The molecule has 0 bridgehead atoms. The van der Waals surface area contributed by atoms with Crippen LogP contribution < -0.4 is 30.0 Å². The second kappa shape index (κ2) is 31.1. The predicted octanol–water partition coefficient (Wildman–Crippen LogP) is 10.8. The Hall–Kier alpha value is -9.93. The molecule has 0 unspecified atom stereocenters. The quantitative estimate of drug-likeness (QED) is 0.0499. The van der Waals surface area contributed by atoms with E-state index >= 15 is 0 Å². The van der Waals surface area contributed by atoms with E-state index in [9.17, 15) is 40.0 Å². The lowest BCUT2D eigenvalue weighted by atomic mass is 10.1. The first kappa shape index (κ1) is 70.4. The number of carboxylic acids is 1. The minimum atomic E-state index is -4.47. The zero-order valence-electron chi connectivity index (χ0n) is 49.8. The number of aromatic amines is 2. The Morgan fingerprint density at radius 2 is 1.33 bits per heavy atom. The predicted molar refractivity (Wildman–Crippen MR) is 355 cm³/mol. The maximum absolute atomic E-state index is 14.8. The molecule has 7 aromatic heterocycles. The number of aromatic nitrogens is 10. The molecule has 1 aliphatic rings. The Balaban J connectivity index is 0.000000155. The van der Waals surface area contributed by atoms with Gasteiger partial charge in [0, 0.05) is 104 Å². The number of aromatic carboxylic acids is 1. The van der Waals surface area contributed by atoms with E-state index in [1.54, 1.807) is 79.1 Å². The molecule has 13 aromatic rings. The first-order valence-corrected chi connectivity index (χ1v) is 32.5. The standard InChI is InChI=1S/C19H12ClFN6O4S.C18H15FN4O6S2.C10H6ClNO2.C10H8ClNO.C4H8O.B/c20-17-4-10-2-1-3-11(12(10)7-22-17)8-27-14-5-13(21)16(6-15(14)31-19(27)28)32(29,30)26-18-23-9-24-25-18;1-27-11-4-3-10(14(5-11)28-2)8-23(17-20-9-21-30-17)31(25,26)16-7-15-13(6-12(16)19)22-18(24)29-15;11-9-4-6-2-1-3-7(10(13)14)8(6)5-12-9;11-10-4-7-2-1-3-8(6-13)9(7)5-12-10;1-2-4-5-3-1;/h1-7,9H,8H2,(H2,23,24,25,26);3-7,9H,8H2,1-2H3,(H,22,24);1-5H,(H,13,14);1-5,13H,6H2;1-4H2;. The number of halogens is 5. The van der Waals surface area contributed by atoms with Crippen LogP contribution in [0.1, 0.15) is 39.9 Å². The number of carbonyl (C=O) groups is 1. The van der Waals surface area contributed by atoms with Crippen LogP contribution in [0, 0.1) is 11.6 Å². The van der Waals surface area contributed by atoms with E-state index in [-0.39, 0.29) is 67.0 Å². The number of carboxylic acid groups (broad SMARTS) is 1. The molecule has 0 aliphatic carbocycles. The molecule has 14 rings (SSSR count). The lowest BCUT2D eigenvalue weighted by Gasteiger charge is -2.22. The summed E-state index contributed by atoms with van der Waals surface area (Å²) in [6.45, 7) is 1.86. The van der Waals surface area contributed by atoms with Crippen LogP contribution in [0.3, 0.4) is 0 Å². The summed E-state index contributed by atoms with van der Waals surface area (Å²) in [5.74, 6) is -3.97. The molecule has 1 saturated heterocycles. The van der Waals surface area contributed by atoms with Crippen LogP contribution in [0.25, 0.3) is 54.5 Å². The summed E-state index contributed by atoms with van der Waals surface area (Å²) >= 11 is 18.2. The van der Waals surface area contributed by atoms with Crippen molar-refractivity contribution in [1.29, 1.82) is 0 Å².